The summed E-state index contributed by atoms with van der Waals surface area (Å²) in [6, 6.07) is 9.54. The number of fused-ring (bicyclic) bond motifs is 1. The van der Waals surface area contributed by atoms with Crippen LogP contribution in [-0.4, -0.2) is 28.8 Å². The molecule has 0 aliphatic rings. The fourth-order valence-electron chi connectivity index (χ4n) is 2.77. The van der Waals surface area contributed by atoms with Crippen molar-refractivity contribution in [2.75, 3.05) is 13.7 Å². The third kappa shape index (κ3) is 3.32. The van der Waals surface area contributed by atoms with Crippen LogP contribution in [0.4, 0.5) is 0 Å². The van der Waals surface area contributed by atoms with Gasteiger partial charge < -0.3 is 19.2 Å². The van der Waals surface area contributed by atoms with Crippen LogP contribution in [0, 0.1) is 0 Å². The number of halogens is 1. The van der Waals surface area contributed by atoms with E-state index in [0.29, 0.717) is 30.3 Å². The van der Waals surface area contributed by atoms with E-state index >= 15 is 0 Å². The van der Waals surface area contributed by atoms with Gasteiger partial charge in [0.05, 0.1) is 18.7 Å². The second-order valence-electron chi connectivity index (χ2n) is 5.68. The Morgan fingerprint density at radius 1 is 1.33 bits per heavy atom. The third-order valence-electron chi connectivity index (χ3n) is 4.11. The Morgan fingerprint density at radius 3 is 2.88 bits per heavy atom. The molecule has 0 spiro atoms. The summed E-state index contributed by atoms with van der Waals surface area (Å²) < 4.78 is 9.15. The summed E-state index contributed by atoms with van der Waals surface area (Å²) in [4.78, 5) is 12.7. The topological polar surface area (TPSA) is 48.2 Å². The Hall–Kier alpha value is -2.24. The SMILES string of the molecule is COCCn1cc(C(=O)NCc2cccn2C)c2cc(Cl)ccc21. The van der Waals surface area contributed by atoms with Crippen molar-refractivity contribution < 1.29 is 9.53 Å². The molecule has 1 aromatic carbocycles. The number of benzene rings is 1. The summed E-state index contributed by atoms with van der Waals surface area (Å²) in [5, 5.41) is 4.44. The quantitative estimate of drug-likeness (QED) is 0.745. The largest absolute Gasteiger partial charge is 0.383 e. The highest BCUT2D eigenvalue weighted by atomic mass is 35.5. The van der Waals surface area contributed by atoms with Crippen LogP contribution in [0.1, 0.15) is 16.1 Å². The van der Waals surface area contributed by atoms with Gasteiger partial charge in [-0.25, -0.2) is 0 Å². The molecule has 1 N–H and O–H groups in total. The first-order valence-corrected chi connectivity index (χ1v) is 8.13. The number of amides is 1. The lowest BCUT2D eigenvalue weighted by atomic mass is 10.1. The van der Waals surface area contributed by atoms with Gasteiger partial charge in [0.15, 0.2) is 0 Å². The number of carbonyl (C=O) groups excluding carboxylic acids is 1. The minimum Gasteiger partial charge on any atom is -0.383 e. The Bertz CT molecular complexity index is 866. The first-order chi connectivity index (χ1) is 11.6. The van der Waals surface area contributed by atoms with Crippen LogP contribution in [0.2, 0.25) is 5.02 Å². The molecule has 0 aliphatic heterocycles. The summed E-state index contributed by atoms with van der Waals surface area (Å²) >= 11 is 6.12. The van der Waals surface area contributed by atoms with Gasteiger partial charge in [0.2, 0.25) is 0 Å². The average Bonchev–Trinajstić information content (AvgIpc) is 3.14. The molecule has 0 saturated carbocycles. The second-order valence-corrected chi connectivity index (χ2v) is 6.12. The summed E-state index contributed by atoms with van der Waals surface area (Å²) in [6.07, 6.45) is 3.82. The number of carbonyl (C=O) groups is 1. The highest BCUT2D eigenvalue weighted by Crippen LogP contribution is 2.25. The Balaban J connectivity index is 1.88. The van der Waals surface area contributed by atoms with Crippen LogP contribution < -0.4 is 5.32 Å². The van der Waals surface area contributed by atoms with Crippen molar-refractivity contribution >= 4 is 28.4 Å². The summed E-state index contributed by atoms with van der Waals surface area (Å²) in [6.45, 7) is 1.74. The van der Waals surface area contributed by atoms with Crippen molar-refractivity contribution in [1.82, 2.24) is 14.5 Å². The maximum atomic E-state index is 12.7. The number of ether oxygens (including phenoxy) is 1. The van der Waals surface area contributed by atoms with Crippen molar-refractivity contribution in [2.24, 2.45) is 7.05 Å². The van der Waals surface area contributed by atoms with Crippen molar-refractivity contribution in [3.63, 3.8) is 0 Å². The average molecular weight is 346 g/mol. The summed E-state index contributed by atoms with van der Waals surface area (Å²) in [5.41, 5.74) is 2.64. The number of aryl methyl sites for hydroxylation is 1. The first kappa shape index (κ1) is 16.6. The molecule has 126 valence electrons. The van der Waals surface area contributed by atoms with Crippen molar-refractivity contribution in [3.05, 3.63) is 59.0 Å². The van der Waals surface area contributed by atoms with Gasteiger partial charge in [0.1, 0.15) is 0 Å². The molecule has 0 bridgehead atoms. The predicted molar refractivity (Wildman–Crippen MR) is 95.4 cm³/mol. The van der Waals surface area contributed by atoms with E-state index in [0.717, 1.165) is 16.6 Å². The molecule has 24 heavy (non-hydrogen) atoms. The Morgan fingerprint density at radius 2 is 2.17 bits per heavy atom. The Labute approximate surface area is 145 Å². The number of methoxy groups -OCH3 is 1. The second kappa shape index (κ2) is 7.11. The van der Waals surface area contributed by atoms with Gasteiger partial charge in [-0.3, -0.25) is 4.79 Å². The number of hydrogen-bond acceptors (Lipinski definition) is 2. The van der Waals surface area contributed by atoms with Crippen molar-refractivity contribution in [3.8, 4) is 0 Å². The molecule has 0 radical (unpaired) electrons. The van der Waals surface area contributed by atoms with Crippen molar-refractivity contribution in [1.29, 1.82) is 0 Å². The van der Waals surface area contributed by atoms with Gasteiger partial charge in [0, 0.05) is 54.7 Å². The number of aromatic nitrogens is 2. The molecule has 0 fully saturated rings. The van der Waals surface area contributed by atoms with Crippen LogP contribution in [0.3, 0.4) is 0 Å². The maximum absolute atomic E-state index is 12.7. The lowest BCUT2D eigenvalue weighted by Crippen LogP contribution is -2.23. The van der Waals surface area contributed by atoms with Crippen LogP contribution in [0.25, 0.3) is 10.9 Å². The maximum Gasteiger partial charge on any atom is 0.253 e. The predicted octanol–water partition coefficient (Wildman–Crippen LogP) is 3.21. The molecule has 5 nitrogen and oxygen atoms in total. The molecule has 0 saturated heterocycles. The highest BCUT2D eigenvalue weighted by molar-refractivity contribution is 6.31. The number of nitrogens with one attached hydrogen (secondary N) is 1. The van der Waals surface area contributed by atoms with Crippen LogP contribution in [0.15, 0.2) is 42.7 Å². The third-order valence-corrected chi connectivity index (χ3v) is 4.34. The van der Waals surface area contributed by atoms with Gasteiger partial charge >= 0.3 is 0 Å². The molecule has 2 heterocycles. The first-order valence-electron chi connectivity index (χ1n) is 7.76. The molecule has 0 unspecified atom stereocenters. The van der Waals surface area contributed by atoms with Gasteiger partial charge in [-0.2, -0.15) is 0 Å². The molecular weight excluding hydrogens is 326 g/mol. The fourth-order valence-corrected chi connectivity index (χ4v) is 2.94. The molecule has 1 amide bonds. The molecule has 6 heteroatoms. The van der Waals surface area contributed by atoms with E-state index in [2.05, 4.69) is 5.32 Å². The highest BCUT2D eigenvalue weighted by Gasteiger charge is 2.15. The zero-order valence-corrected chi connectivity index (χ0v) is 14.5. The number of hydrogen-bond donors (Lipinski definition) is 1. The van der Waals surface area contributed by atoms with E-state index < -0.39 is 0 Å². The van der Waals surface area contributed by atoms with Gasteiger partial charge in [-0.05, 0) is 30.3 Å². The van der Waals surface area contributed by atoms with E-state index in [-0.39, 0.29) is 5.91 Å². The molecule has 0 atom stereocenters. The smallest absolute Gasteiger partial charge is 0.253 e. The molecule has 2 aromatic heterocycles. The summed E-state index contributed by atoms with van der Waals surface area (Å²) in [5.74, 6) is -0.111. The summed E-state index contributed by atoms with van der Waals surface area (Å²) in [7, 11) is 3.62. The van der Waals surface area contributed by atoms with E-state index in [1.165, 1.54) is 0 Å². The zero-order chi connectivity index (χ0) is 17.1. The molecule has 3 aromatic rings. The number of rotatable bonds is 6. The fraction of sp³-hybridized carbons (Fsp3) is 0.278. The van der Waals surface area contributed by atoms with E-state index in [1.807, 2.05) is 58.9 Å². The van der Waals surface area contributed by atoms with Gasteiger partial charge in [-0.1, -0.05) is 11.6 Å². The van der Waals surface area contributed by atoms with Crippen LogP contribution in [0.5, 0.6) is 0 Å². The monoisotopic (exact) mass is 345 g/mol. The Kier molecular flexibility index (Phi) is 4.92. The van der Waals surface area contributed by atoms with Gasteiger partial charge in [0.25, 0.3) is 5.91 Å². The van der Waals surface area contributed by atoms with E-state index in [9.17, 15) is 4.79 Å². The standard InChI is InChI=1S/C18H20ClN3O2/c1-21-7-3-4-14(21)11-20-18(23)16-12-22(8-9-24-2)17-6-5-13(19)10-15(16)17/h3-7,10,12H,8-9,11H2,1-2H3,(H,20,23). The van der Waals surface area contributed by atoms with Crippen LogP contribution >= 0.6 is 11.6 Å². The molecular formula is C18H20ClN3O2. The number of nitrogens with zero attached hydrogens (tertiary/aromatic N) is 2. The minimum atomic E-state index is -0.111. The zero-order valence-electron chi connectivity index (χ0n) is 13.8. The lowest BCUT2D eigenvalue weighted by molar-refractivity contribution is 0.0951. The molecule has 0 aliphatic carbocycles. The van der Waals surface area contributed by atoms with Gasteiger partial charge in [-0.15, -0.1) is 0 Å². The minimum absolute atomic E-state index is 0.111. The molecule has 3 rings (SSSR count). The van der Waals surface area contributed by atoms with E-state index in [4.69, 9.17) is 16.3 Å². The lowest BCUT2D eigenvalue weighted by Gasteiger charge is -2.06. The van der Waals surface area contributed by atoms with Crippen LogP contribution in [-0.2, 0) is 24.9 Å². The normalized spacial score (nSPS) is 11.1. The van der Waals surface area contributed by atoms with E-state index in [1.54, 1.807) is 7.11 Å². The van der Waals surface area contributed by atoms with Crippen molar-refractivity contribution in [2.45, 2.75) is 13.1 Å².